The molecule has 0 saturated carbocycles. The first-order valence-corrected chi connectivity index (χ1v) is 13.6. The second-order valence-corrected chi connectivity index (χ2v) is 12.1. The van der Waals surface area contributed by atoms with Crippen LogP contribution in [0, 0.1) is 23.7 Å². The highest BCUT2D eigenvalue weighted by Crippen LogP contribution is 2.53. The Balaban J connectivity index is 1.39. The van der Waals surface area contributed by atoms with Gasteiger partial charge in [-0.1, -0.05) is 13.8 Å². The molecule has 0 bridgehead atoms. The van der Waals surface area contributed by atoms with E-state index in [9.17, 15) is 29.1 Å². The fraction of sp³-hybridized carbons (Fsp3) is 0.720. The first-order chi connectivity index (χ1) is 17.0. The minimum absolute atomic E-state index is 0.00450. The van der Waals surface area contributed by atoms with Crippen molar-refractivity contribution < 1.29 is 29.1 Å². The highest BCUT2D eigenvalue weighted by molar-refractivity contribution is 8.03. The fourth-order valence-corrected chi connectivity index (χ4v) is 7.81. The van der Waals surface area contributed by atoms with Gasteiger partial charge < -0.3 is 30.8 Å². The number of carbonyl (C=O) groups is 5. The number of thioether (sulfide) groups is 1. The number of β-lactam (4-membered cyclic amide) rings is 1. The summed E-state index contributed by atoms with van der Waals surface area (Å²) in [6, 6.07) is -0.593. The topological polar surface area (TPSA) is 150 Å². The maximum atomic E-state index is 13.1. The van der Waals surface area contributed by atoms with E-state index in [4.69, 9.17) is 5.73 Å². The number of carboxylic acids is 1. The van der Waals surface area contributed by atoms with Gasteiger partial charge in [0.2, 0.25) is 11.8 Å². The molecule has 0 aromatic rings. The van der Waals surface area contributed by atoms with Crippen LogP contribution >= 0.6 is 11.8 Å². The minimum atomic E-state index is -1.12. The Kier molecular flexibility index (Phi) is 7.92. The van der Waals surface area contributed by atoms with Gasteiger partial charge >= 0.3 is 5.97 Å². The molecule has 0 aromatic heterocycles. The average molecular weight is 521 g/mol. The third kappa shape index (κ3) is 4.97. The smallest absolute Gasteiger partial charge is 0.353 e. The number of hydrogen-bond donors (Lipinski definition) is 3. The van der Waals surface area contributed by atoms with Crippen molar-refractivity contribution >= 4 is 41.1 Å². The molecule has 0 spiro atoms. The molecule has 0 aliphatic carbocycles. The summed E-state index contributed by atoms with van der Waals surface area (Å²) in [5.41, 5.74) is 5.47. The van der Waals surface area contributed by atoms with Gasteiger partial charge in [0.25, 0.3) is 0 Å². The van der Waals surface area contributed by atoms with Crippen LogP contribution in [0.2, 0.25) is 0 Å². The van der Waals surface area contributed by atoms with Gasteiger partial charge in [0.05, 0.1) is 24.5 Å². The van der Waals surface area contributed by atoms with Gasteiger partial charge in [0, 0.05) is 48.5 Å². The van der Waals surface area contributed by atoms with Gasteiger partial charge in [-0.05, 0) is 31.6 Å². The largest absolute Gasteiger partial charge is 0.477 e. The average Bonchev–Trinajstić information content (AvgIpc) is 3.51. The molecular formula is C25H36N4O6S. The normalized spacial score (nSPS) is 32.5. The van der Waals surface area contributed by atoms with Crippen LogP contribution in [-0.4, -0.2) is 87.8 Å². The number of fused-ring (bicyclic) bond motifs is 1. The molecule has 36 heavy (non-hydrogen) atoms. The molecular weight excluding hydrogens is 484 g/mol. The molecule has 3 fully saturated rings. The Morgan fingerprint density at radius 2 is 2.00 bits per heavy atom. The van der Waals surface area contributed by atoms with Crippen molar-refractivity contribution in [2.75, 3.05) is 26.2 Å². The van der Waals surface area contributed by atoms with Crippen LogP contribution in [0.15, 0.2) is 10.6 Å². The molecule has 0 radical (unpaired) electrons. The number of rotatable bonds is 10. The third-order valence-corrected chi connectivity index (χ3v) is 9.55. The van der Waals surface area contributed by atoms with E-state index in [1.54, 1.807) is 0 Å². The van der Waals surface area contributed by atoms with Crippen molar-refractivity contribution in [1.29, 1.82) is 0 Å². The summed E-state index contributed by atoms with van der Waals surface area (Å²) in [5, 5.41) is 13.2. The van der Waals surface area contributed by atoms with E-state index in [0.29, 0.717) is 43.8 Å². The van der Waals surface area contributed by atoms with Crippen molar-refractivity contribution in [3.05, 3.63) is 10.6 Å². The number of nitrogens with zero attached hydrogens (tertiary/aromatic N) is 2. The second-order valence-electron chi connectivity index (χ2n) is 10.7. The Bertz CT molecular complexity index is 999. The summed E-state index contributed by atoms with van der Waals surface area (Å²) in [7, 11) is 0. The van der Waals surface area contributed by atoms with Crippen LogP contribution in [0.5, 0.6) is 0 Å². The van der Waals surface area contributed by atoms with Gasteiger partial charge in [0.15, 0.2) is 0 Å². The summed E-state index contributed by atoms with van der Waals surface area (Å²) >= 11 is 1.46. The van der Waals surface area contributed by atoms with Crippen molar-refractivity contribution in [2.24, 2.45) is 29.4 Å². The number of Topliss-reactive ketones (excluding diaryl/α,β-unsaturated/α-hetero) is 2. The van der Waals surface area contributed by atoms with E-state index in [1.807, 2.05) is 18.7 Å². The number of nitrogens with two attached hydrogens (primary N) is 1. The number of hydrogen-bond acceptors (Lipinski definition) is 8. The van der Waals surface area contributed by atoms with Crippen molar-refractivity contribution in [1.82, 2.24) is 15.1 Å². The Labute approximate surface area is 215 Å². The van der Waals surface area contributed by atoms with Crippen molar-refractivity contribution in [3.63, 3.8) is 0 Å². The Hall–Kier alpha value is -2.24. The quantitative estimate of drug-likeness (QED) is 0.352. The van der Waals surface area contributed by atoms with E-state index in [-0.39, 0.29) is 76.6 Å². The van der Waals surface area contributed by atoms with Gasteiger partial charge in [0.1, 0.15) is 17.3 Å². The first kappa shape index (κ1) is 26.8. The number of likely N-dealkylation sites (tertiary alicyclic amines) is 1. The van der Waals surface area contributed by atoms with Crippen LogP contribution in [0.3, 0.4) is 0 Å². The lowest BCUT2D eigenvalue weighted by Gasteiger charge is -2.47. The number of ketones is 2. The predicted octanol–water partition coefficient (Wildman–Crippen LogP) is 0.605. The lowest BCUT2D eigenvalue weighted by molar-refractivity contribution is -0.160. The lowest BCUT2D eigenvalue weighted by atomic mass is 9.73. The number of carbonyl (C=O) groups excluding carboxylic acids is 4. The molecule has 0 aromatic carbocycles. The molecule has 7 atom stereocenters. The van der Waals surface area contributed by atoms with Crippen molar-refractivity contribution in [2.45, 2.75) is 63.8 Å². The van der Waals surface area contributed by atoms with Crippen LogP contribution in [0.4, 0.5) is 0 Å². The fourth-order valence-electron chi connectivity index (χ4n) is 6.33. The maximum Gasteiger partial charge on any atom is 0.353 e. The third-order valence-electron chi connectivity index (χ3n) is 8.04. The molecule has 0 unspecified atom stereocenters. The zero-order valence-electron chi connectivity index (χ0n) is 21.1. The molecule has 4 aliphatic rings. The van der Waals surface area contributed by atoms with Gasteiger partial charge in [-0.2, -0.15) is 0 Å². The zero-order chi connectivity index (χ0) is 26.3. The van der Waals surface area contributed by atoms with Crippen LogP contribution < -0.4 is 11.1 Å². The number of nitrogens with one attached hydrogen (secondary N) is 1. The highest BCUT2D eigenvalue weighted by Gasteiger charge is 2.60. The predicted molar refractivity (Wildman–Crippen MR) is 134 cm³/mol. The molecule has 4 heterocycles. The molecule has 4 rings (SSSR count). The Morgan fingerprint density at radius 1 is 1.28 bits per heavy atom. The van der Waals surface area contributed by atoms with Crippen LogP contribution in [0.25, 0.3) is 0 Å². The minimum Gasteiger partial charge on any atom is -0.477 e. The summed E-state index contributed by atoms with van der Waals surface area (Å²) < 4.78 is 0. The first-order valence-electron chi connectivity index (χ1n) is 12.7. The number of aliphatic carboxylic acids is 1. The van der Waals surface area contributed by atoms with Gasteiger partial charge in [-0.3, -0.25) is 14.4 Å². The lowest BCUT2D eigenvalue weighted by Crippen LogP contribution is -2.62. The molecule has 11 heteroatoms. The summed E-state index contributed by atoms with van der Waals surface area (Å²) in [6.07, 6.45) is 2.07. The monoisotopic (exact) mass is 520 g/mol. The summed E-state index contributed by atoms with van der Waals surface area (Å²) in [4.78, 5) is 65.4. The molecule has 2 amide bonds. The molecule has 10 nitrogen and oxygen atoms in total. The van der Waals surface area contributed by atoms with E-state index in [2.05, 4.69) is 5.32 Å². The summed E-state index contributed by atoms with van der Waals surface area (Å²) in [6.45, 7) is 7.12. The second kappa shape index (κ2) is 10.6. The molecule has 198 valence electrons. The number of amides is 2. The van der Waals surface area contributed by atoms with Crippen LogP contribution in [-0.2, 0) is 24.0 Å². The molecule has 4 aliphatic heterocycles. The maximum absolute atomic E-state index is 13.1. The standard InChI is InChI=1S/C25H36N4O6S/c1-12(6-13(2)30)19-20-14(3)22(21(25(34)35)29(20)24(19)33)36-17-8-18(27-10-17)23(32)28-5-4-15(11-28)7-16(31)9-26/h12,14-15,17-20,27H,4-11,26H2,1-3H3,(H,34,35)/t12-,14+,15-,17-,18-,19+,20+/m0/s1. The van der Waals surface area contributed by atoms with Crippen LogP contribution in [0.1, 0.15) is 46.5 Å². The van der Waals surface area contributed by atoms with E-state index >= 15 is 0 Å². The van der Waals surface area contributed by atoms with E-state index in [0.717, 1.165) is 6.42 Å². The van der Waals surface area contributed by atoms with E-state index in [1.165, 1.54) is 23.6 Å². The molecule has 3 saturated heterocycles. The highest BCUT2D eigenvalue weighted by atomic mass is 32.2. The number of carboxylic acid groups (broad SMARTS) is 1. The van der Waals surface area contributed by atoms with Gasteiger partial charge in [-0.25, -0.2) is 4.79 Å². The van der Waals surface area contributed by atoms with Crippen molar-refractivity contribution in [3.8, 4) is 0 Å². The van der Waals surface area contributed by atoms with E-state index < -0.39 is 5.97 Å². The SMILES string of the molecule is CC(=O)C[C@H](C)[C@H]1C(=O)N2C(C(=O)O)=C(S[C@@H]3CN[C@H](C(=O)N4CC[C@@H](CC(=O)CN)C4)C3)[C@H](C)[C@H]12. The molecule has 4 N–H and O–H groups in total. The summed E-state index contributed by atoms with van der Waals surface area (Å²) in [5.74, 6) is -1.78. The van der Waals surface area contributed by atoms with Gasteiger partial charge in [-0.15, -0.1) is 11.8 Å². The Morgan fingerprint density at radius 3 is 2.64 bits per heavy atom. The zero-order valence-corrected chi connectivity index (χ0v) is 21.9.